The summed E-state index contributed by atoms with van der Waals surface area (Å²) in [7, 11) is 0. The molecule has 6 heteroatoms. The summed E-state index contributed by atoms with van der Waals surface area (Å²) >= 11 is 0. The first kappa shape index (κ1) is 18.2. The Bertz CT molecular complexity index is 725. The van der Waals surface area contributed by atoms with E-state index in [-0.39, 0.29) is 17.9 Å². The normalized spacial score (nSPS) is 14.9. The molecule has 1 aliphatic heterocycles. The lowest BCUT2D eigenvalue weighted by Gasteiger charge is -2.21. The van der Waals surface area contributed by atoms with E-state index in [1.165, 1.54) is 0 Å². The average molecular weight is 355 g/mol. The molecule has 1 saturated heterocycles. The number of pyridine rings is 1. The van der Waals surface area contributed by atoms with E-state index < -0.39 is 0 Å². The molecule has 1 amide bonds. The van der Waals surface area contributed by atoms with E-state index in [4.69, 9.17) is 9.47 Å². The fourth-order valence-corrected chi connectivity index (χ4v) is 2.81. The van der Waals surface area contributed by atoms with Gasteiger partial charge < -0.3 is 20.1 Å². The lowest BCUT2D eigenvalue weighted by Crippen LogP contribution is -2.28. The summed E-state index contributed by atoms with van der Waals surface area (Å²) in [5.74, 6) is 1.52. The van der Waals surface area contributed by atoms with Crippen molar-refractivity contribution in [2.24, 2.45) is 5.92 Å². The van der Waals surface area contributed by atoms with Gasteiger partial charge in [0.1, 0.15) is 11.6 Å². The maximum atomic E-state index is 12.3. The second-order valence-electron chi connectivity index (χ2n) is 6.60. The van der Waals surface area contributed by atoms with Gasteiger partial charge in [-0.1, -0.05) is 12.1 Å². The molecule has 0 spiro atoms. The third-order valence-electron chi connectivity index (χ3n) is 4.14. The summed E-state index contributed by atoms with van der Waals surface area (Å²) < 4.78 is 11.1. The van der Waals surface area contributed by atoms with Crippen LogP contribution < -0.4 is 15.4 Å². The molecule has 2 aromatic rings. The number of rotatable bonds is 6. The topological polar surface area (TPSA) is 72.5 Å². The Labute approximate surface area is 153 Å². The van der Waals surface area contributed by atoms with Gasteiger partial charge in [-0.25, -0.2) is 4.98 Å². The lowest BCUT2D eigenvalue weighted by atomic mass is 9.99. The van der Waals surface area contributed by atoms with E-state index in [9.17, 15) is 4.79 Å². The van der Waals surface area contributed by atoms with Gasteiger partial charge in [-0.05, 0) is 51.0 Å². The maximum absolute atomic E-state index is 12.3. The van der Waals surface area contributed by atoms with Gasteiger partial charge >= 0.3 is 0 Å². The highest BCUT2D eigenvalue weighted by Crippen LogP contribution is 2.28. The number of carbonyl (C=O) groups is 1. The van der Waals surface area contributed by atoms with Crippen molar-refractivity contribution in [3.05, 3.63) is 42.6 Å². The first-order valence-electron chi connectivity index (χ1n) is 8.99. The second-order valence-corrected chi connectivity index (χ2v) is 6.60. The van der Waals surface area contributed by atoms with Crippen LogP contribution in [0.1, 0.15) is 26.7 Å². The van der Waals surface area contributed by atoms with E-state index in [2.05, 4.69) is 15.6 Å². The van der Waals surface area contributed by atoms with Crippen molar-refractivity contribution in [2.45, 2.75) is 32.8 Å². The SMILES string of the molecule is CC(C)Oc1ccccc1Nc1ccc(NC(=O)C2CCOCC2)cn1. The summed E-state index contributed by atoms with van der Waals surface area (Å²) in [5.41, 5.74) is 1.55. The molecule has 2 heterocycles. The highest BCUT2D eigenvalue weighted by Gasteiger charge is 2.21. The second kappa shape index (κ2) is 8.67. The molecule has 1 aromatic heterocycles. The predicted molar refractivity (Wildman–Crippen MR) is 102 cm³/mol. The standard InChI is InChI=1S/C20H25N3O3/c1-14(2)26-18-6-4-3-5-17(18)23-19-8-7-16(13-21-19)22-20(24)15-9-11-25-12-10-15/h3-8,13-15H,9-12H2,1-2H3,(H,21,23)(H,22,24). The van der Waals surface area contributed by atoms with Crippen LogP contribution in [0.3, 0.4) is 0 Å². The first-order valence-corrected chi connectivity index (χ1v) is 8.99. The molecule has 0 bridgehead atoms. The smallest absolute Gasteiger partial charge is 0.227 e. The number of anilines is 3. The number of para-hydroxylation sites is 2. The molecule has 6 nitrogen and oxygen atoms in total. The van der Waals surface area contributed by atoms with Crippen LogP contribution in [-0.2, 0) is 9.53 Å². The molecular weight excluding hydrogens is 330 g/mol. The van der Waals surface area contributed by atoms with Crippen LogP contribution in [0, 0.1) is 5.92 Å². The summed E-state index contributed by atoms with van der Waals surface area (Å²) in [5, 5.41) is 6.19. The number of nitrogens with zero attached hydrogens (tertiary/aromatic N) is 1. The summed E-state index contributed by atoms with van der Waals surface area (Å²) in [4.78, 5) is 16.7. The van der Waals surface area contributed by atoms with E-state index in [1.54, 1.807) is 6.20 Å². The van der Waals surface area contributed by atoms with Crippen molar-refractivity contribution < 1.29 is 14.3 Å². The van der Waals surface area contributed by atoms with Crippen LogP contribution >= 0.6 is 0 Å². The third-order valence-corrected chi connectivity index (χ3v) is 4.14. The molecule has 1 fully saturated rings. The minimum Gasteiger partial charge on any atom is -0.489 e. The van der Waals surface area contributed by atoms with Gasteiger partial charge in [0.2, 0.25) is 5.91 Å². The Morgan fingerprint density at radius 2 is 1.96 bits per heavy atom. The van der Waals surface area contributed by atoms with Crippen molar-refractivity contribution in [3.8, 4) is 5.75 Å². The quantitative estimate of drug-likeness (QED) is 0.820. The third kappa shape index (κ3) is 4.95. The van der Waals surface area contributed by atoms with Gasteiger partial charge in [0, 0.05) is 19.1 Å². The Morgan fingerprint density at radius 3 is 2.65 bits per heavy atom. The Kier molecular flexibility index (Phi) is 6.07. The van der Waals surface area contributed by atoms with Crippen LogP contribution in [0.4, 0.5) is 17.2 Å². The summed E-state index contributed by atoms with van der Waals surface area (Å²) in [6, 6.07) is 11.4. The summed E-state index contributed by atoms with van der Waals surface area (Å²) in [6.45, 7) is 5.28. The zero-order valence-electron chi connectivity index (χ0n) is 15.2. The molecule has 1 aromatic carbocycles. The summed E-state index contributed by atoms with van der Waals surface area (Å²) in [6.07, 6.45) is 3.29. The largest absolute Gasteiger partial charge is 0.489 e. The monoisotopic (exact) mass is 355 g/mol. The van der Waals surface area contributed by atoms with E-state index in [1.807, 2.05) is 50.2 Å². The van der Waals surface area contributed by atoms with Crippen molar-refractivity contribution in [1.82, 2.24) is 4.98 Å². The lowest BCUT2D eigenvalue weighted by molar-refractivity contribution is -0.122. The molecule has 2 N–H and O–H groups in total. The zero-order chi connectivity index (χ0) is 18.4. The fourth-order valence-electron chi connectivity index (χ4n) is 2.81. The van der Waals surface area contributed by atoms with E-state index in [0.717, 1.165) is 24.3 Å². The molecule has 3 rings (SSSR count). The van der Waals surface area contributed by atoms with Gasteiger partial charge in [0.15, 0.2) is 0 Å². The fraction of sp³-hybridized carbons (Fsp3) is 0.400. The number of amides is 1. The molecular formula is C20H25N3O3. The predicted octanol–water partition coefficient (Wildman–Crippen LogP) is 3.98. The minimum absolute atomic E-state index is 0.0154. The van der Waals surface area contributed by atoms with Crippen LogP contribution in [-0.4, -0.2) is 30.2 Å². The number of hydrogen-bond donors (Lipinski definition) is 2. The van der Waals surface area contributed by atoms with Crippen LogP contribution in [0.5, 0.6) is 5.75 Å². The van der Waals surface area contributed by atoms with Gasteiger partial charge in [-0.15, -0.1) is 0 Å². The number of carbonyl (C=O) groups excluding carboxylic acids is 1. The van der Waals surface area contributed by atoms with E-state index >= 15 is 0 Å². The first-order chi connectivity index (χ1) is 12.6. The highest BCUT2D eigenvalue weighted by molar-refractivity contribution is 5.92. The molecule has 0 saturated carbocycles. The van der Waals surface area contributed by atoms with Crippen molar-refractivity contribution in [1.29, 1.82) is 0 Å². The van der Waals surface area contributed by atoms with E-state index in [0.29, 0.717) is 24.7 Å². The molecule has 0 atom stereocenters. The molecule has 26 heavy (non-hydrogen) atoms. The van der Waals surface area contributed by atoms with Gasteiger partial charge in [-0.2, -0.15) is 0 Å². The van der Waals surface area contributed by atoms with Crippen LogP contribution in [0.25, 0.3) is 0 Å². The van der Waals surface area contributed by atoms with Gasteiger partial charge in [0.25, 0.3) is 0 Å². The number of aromatic nitrogens is 1. The maximum Gasteiger partial charge on any atom is 0.227 e. The van der Waals surface area contributed by atoms with Crippen molar-refractivity contribution in [2.75, 3.05) is 23.8 Å². The number of hydrogen-bond acceptors (Lipinski definition) is 5. The van der Waals surface area contributed by atoms with Crippen LogP contribution in [0.15, 0.2) is 42.6 Å². The minimum atomic E-state index is 0.0154. The number of ether oxygens (including phenoxy) is 2. The van der Waals surface area contributed by atoms with Crippen molar-refractivity contribution >= 4 is 23.1 Å². The number of benzene rings is 1. The molecule has 0 aliphatic carbocycles. The molecule has 0 radical (unpaired) electrons. The Hall–Kier alpha value is -2.60. The number of nitrogens with one attached hydrogen (secondary N) is 2. The molecule has 1 aliphatic rings. The average Bonchev–Trinajstić information content (AvgIpc) is 2.65. The molecule has 0 unspecified atom stereocenters. The Morgan fingerprint density at radius 1 is 1.19 bits per heavy atom. The van der Waals surface area contributed by atoms with Gasteiger partial charge in [0.05, 0.1) is 23.7 Å². The van der Waals surface area contributed by atoms with Crippen molar-refractivity contribution in [3.63, 3.8) is 0 Å². The Balaban J connectivity index is 1.62. The highest BCUT2D eigenvalue weighted by atomic mass is 16.5. The van der Waals surface area contributed by atoms with Crippen LogP contribution in [0.2, 0.25) is 0 Å². The zero-order valence-corrected chi connectivity index (χ0v) is 15.2. The van der Waals surface area contributed by atoms with Gasteiger partial charge in [-0.3, -0.25) is 4.79 Å². The molecule has 138 valence electrons.